The fourth-order valence-electron chi connectivity index (χ4n) is 2.28. The standard InChI is InChI=1S/C11H17NO2S2/c1-12-9-4-2-5-10(8-9)16(13,14)11-6-3-7-15-11/h3,6-7,9-10,12H,2,4-5,8H2,1H3. The average molecular weight is 259 g/mol. The lowest BCUT2D eigenvalue weighted by atomic mass is 9.95. The first-order valence-corrected chi connectivity index (χ1v) is 8.02. The molecule has 0 aliphatic heterocycles. The molecule has 0 amide bonds. The van der Waals surface area contributed by atoms with Gasteiger partial charge in [0.2, 0.25) is 0 Å². The largest absolute Gasteiger partial charge is 0.317 e. The zero-order valence-corrected chi connectivity index (χ0v) is 11.0. The van der Waals surface area contributed by atoms with Crippen molar-refractivity contribution in [2.75, 3.05) is 7.05 Å². The summed E-state index contributed by atoms with van der Waals surface area (Å²) >= 11 is 1.32. The molecule has 2 unspecified atom stereocenters. The van der Waals surface area contributed by atoms with Gasteiger partial charge in [0.25, 0.3) is 0 Å². The van der Waals surface area contributed by atoms with Crippen molar-refractivity contribution in [1.82, 2.24) is 5.32 Å². The lowest BCUT2D eigenvalue weighted by Crippen LogP contribution is -2.37. The van der Waals surface area contributed by atoms with Crippen molar-refractivity contribution in [2.24, 2.45) is 0 Å². The van der Waals surface area contributed by atoms with Gasteiger partial charge < -0.3 is 5.32 Å². The zero-order chi connectivity index (χ0) is 11.6. The van der Waals surface area contributed by atoms with Crippen molar-refractivity contribution in [2.45, 2.75) is 41.2 Å². The van der Waals surface area contributed by atoms with Crippen LogP contribution >= 0.6 is 11.3 Å². The van der Waals surface area contributed by atoms with Crippen molar-refractivity contribution in [1.29, 1.82) is 0 Å². The number of nitrogens with one attached hydrogen (secondary N) is 1. The molecular weight excluding hydrogens is 242 g/mol. The van der Waals surface area contributed by atoms with Crippen LogP contribution in [0.3, 0.4) is 0 Å². The van der Waals surface area contributed by atoms with Crippen molar-refractivity contribution in [3.05, 3.63) is 17.5 Å². The van der Waals surface area contributed by atoms with Gasteiger partial charge in [0.1, 0.15) is 4.21 Å². The van der Waals surface area contributed by atoms with E-state index in [1.54, 1.807) is 12.1 Å². The minimum atomic E-state index is -3.08. The Hall–Kier alpha value is -0.390. The van der Waals surface area contributed by atoms with Gasteiger partial charge in [0.05, 0.1) is 5.25 Å². The predicted octanol–water partition coefficient (Wildman–Crippen LogP) is 2.05. The number of rotatable bonds is 3. The van der Waals surface area contributed by atoms with E-state index in [9.17, 15) is 8.42 Å². The van der Waals surface area contributed by atoms with E-state index < -0.39 is 9.84 Å². The van der Waals surface area contributed by atoms with Crippen molar-refractivity contribution in [3.63, 3.8) is 0 Å². The SMILES string of the molecule is CNC1CCCC(S(=O)(=O)c2cccs2)C1. The Morgan fingerprint density at radius 1 is 1.44 bits per heavy atom. The molecule has 1 aliphatic carbocycles. The highest BCUT2D eigenvalue weighted by Gasteiger charge is 2.32. The van der Waals surface area contributed by atoms with Gasteiger partial charge in [-0.1, -0.05) is 12.5 Å². The summed E-state index contributed by atoms with van der Waals surface area (Å²) < 4.78 is 25.1. The molecule has 1 heterocycles. The second-order valence-electron chi connectivity index (χ2n) is 4.25. The van der Waals surface area contributed by atoms with Crippen LogP contribution in [0.5, 0.6) is 0 Å². The van der Waals surface area contributed by atoms with Gasteiger partial charge in [-0.25, -0.2) is 8.42 Å². The van der Waals surface area contributed by atoms with Crippen LogP contribution in [0, 0.1) is 0 Å². The second kappa shape index (κ2) is 4.85. The number of hydrogen-bond donors (Lipinski definition) is 1. The summed E-state index contributed by atoms with van der Waals surface area (Å²) in [6.07, 6.45) is 3.64. The van der Waals surface area contributed by atoms with Crippen molar-refractivity contribution >= 4 is 21.2 Å². The first kappa shape index (κ1) is 12.1. The number of hydrogen-bond acceptors (Lipinski definition) is 4. The maximum atomic E-state index is 12.3. The monoisotopic (exact) mass is 259 g/mol. The van der Waals surface area contributed by atoms with Gasteiger partial charge in [-0.2, -0.15) is 0 Å². The summed E-state index contributed by atoms with van der Waals surface area (Å²) in [7, 11) is -1.18. The molecule has 1 aromatic heterocycles. The molecule has 0 saturated heterocycles. The predicted molar refractivity (Wildman–Crippen MR) is 66.6 cm³/mol. The number of sulfone groups is 1. The van der Waals surface area contributed by atoms with Crippen LogP contribution in [0.4, 0.5) is 0 Å². The van der Waals surface area contributed by atoms with Crippen molar-refractivity contribution in [3.8, 4) is 0 Å². The Labute approximate surface area is 101 Å². The van der Waals surface area contributed by atoms with E-state index in [0.29, 0.717) is 10.3 Å². The minimum Gasteiger partial charge on any atom is -0.317 e. The molecule has 0 radical (unpaired) electrons. The highest BCUT2D eigenvalue weighted by molar-refractivity contribution is 7.94. The molecule has 0 bridgehead atoms. The quantitative estimate of drug-likeness (QED) is 0.903. The average Bonchev–Trinajstić information content (AvgIpc) is 2.83. The topological polar surface area (TPSA) is 46.2 Å². The summed E-state index contributed by atoms with van der Waals surface area (Å²) in [5.74, 6) is 0. The fourth-order valence-corrected chi connectivity index (χ4v) is 5.40. The molecule has 0 aromatic carbocycles. The first-order valence-electron chi connectivity index (χ1n) is 5.59. The van der Waals surface area contributed by atoms with E-state index in [-0.39, 0.29) is 5.25 Å². The van der Waals surface area contributed by atoms with E-state index >= 15 is 0 Å². The smallest absolute Gasteiger partial charge is 0.190 e. The Kier molecular flexibility index (Phi) is 3.66. The Morgan fingerprint density at radius 3 is 2.88 bits per heavy atom. The summed E-state index contributed by atoms with van der Waals surface area (Å²) in [5.41, 5.74) is 0. The molecule has 1 saturated carbocycles. The Balaban J connectivity index is 2.18. The van der Waals surface area contributed by atoms with E-state index in [0.717, 1.165) is 25.7 Å². The lowest BCUT2D eigenvalue weighted by molar-refractivity contribution is 0.391. The Morgan fingerprint density at radius 2 is 2.25 bits per heavy atom. The van der Waals surface area contributed by atoms with Crippen molar-refractivity contribution < 1.29 is 8.42 Å². The first-order chi connectivity index (χ1) is 7.64. The van der Waals surface area contributed by atoms with E-state index in [4.69, 9.17) is 0 Å². The van der Waals surface area contributed by atoms with Crippen LogP contribution in [0.15, 0.2) is 21.7 Å². The summed E-state index contributed by atoms with van der Waals surface area (Å²) in [4.78, 5) is 0. The summed E-state index contributed by atoms with van der Waals surface area (Å²) in [5, 5.41) is 4.82. The molecule has 5 heteroatoms. The fraction of sp³-hybridized carbons (Fsp3) is 0.636. The highest BCUT2D eigenvalue weighted by atomic mass is 32.2. The van der Waals surface area contributed by atoms with Gasteiger partial charge in [0.15, 0.2) is 9.84 Å². The van der Waals surface area contributed by atoms with Gasteiger partial charge in [-0.05, 0) is 37.8 Å². The second-order valence-corrected chi connectivity index (χ2v) is 7.65. The molecule has 1 fully saturated rings. The molecule has 90 valence electrons. The van der Waals surface area contributed by atoms with Gasteiger partial charge >= 0.3 is 0 Å². The van der Waals surface area contributed by atoms with Crippen LogP contribution in [-0.4, -0.2) is 26.8 Å². The number of thiophene rings is 1. The third-order valence-electron chi connectivity index (χ3n) is 3.25. The maximum absolute atomic E-state index is 12.3. The Bertz CT molecular complexity index is 425. The van der Waals surface area contributed by atoms with Crippen LogP contribution in [0.1, 0.15) is 25.7 Å². The summed E-state index contributed by atoms with van der Waals surface area (Å²) in [6, 6.07) is 3.87. The molecule has 16 heavy (non-hydrogen) atoms. The van der Waals surface area contributed by atoms with Gasteiger partial charge in [-0.3, -0.25) is 0 Å². The van der Waals surface area contributed by atoms with E-state index in [1.165, 1.54) is 11.3 Å². The molecule has 3 nitrogen and oxygen atoms in total. The van der Waals surface area contributed by atoms with E-state index in [2.05, 4.69) is 5.32 Å². The van der Waals surface area contributed by atoms with Gasteiger partial charge in [0, 0.05) is 6.04 Å². The molecule has 1 aromatic rings. The van der Waals surface area contributed by atoms with Crippen LogP contribution in [0.2, 0.25) is 0 Å². The van der Waals surface area contributed by atoms with E-state index in [1.807, 2.05) is 12.4 Å². The summed E-state index contributed by atoms with van der Waals surface area (Å²) in [6.45, 7) is 0. The molecule has 2 atom stereocenters. The normalized spacial score (nSPS) is 26.8. The van der Waals surface area contributed by atoms with Crippen LogP contribution in [0.25, 0.3) is 0 Å². The molecular formula is C11H17NO2S2. The third kappa shape index (κ3) is 2.31. The highest BCUT2D eigenvalue weighted by Crippen LogP contribution is 2.30. The van der Waals surface area contributed by atoms with Crippen LogP contribution in [-0.2, 0) is 9.84 Å². The van der Waals surface area contributed by atoms with Crippen LogP contribution < -0.4 is 5.32 Å². The van der Waals surface area contributed by atoms with Gasteiger partial charge in [-0.15, -0.1) is 11.3 Å². The molecule has 1 aliphatic rings. The third-order valence-corrected chi connectivity index (χ3v) is 6.90. The minimum absolute atomic E-state index is 0.197. The maximum Gasteiger partial charge on any atom is 0.190 e. The lowest BCUT2D eigenvalue weighted by Gasteiger charge is -2.28. The zero-order valence-electron chi connectivity index (χ0n) is 9.35. The molecule has 1 N–H and O–H groups in total. The molecule has 0 spiro atoms. The molecule has 2 rings (SSSR count).